The standard InChI is InChI=1S/C26H36N2O3/c1-6-21-10-12-22(13-11-21)14-15-25(29)28(20(4)26(30)27-17-19(2)3)18-23-8-7-9-24(16-23)31-5/h7-13,16,19-20H,6,14-15,17-18H2,1-5H3,(H,27,30)/t20-/m1/s1. The minimum Gasteiger partial charge on any atom is -0.497 e. The predicted molar refractivity (Wildman–Crippen MR) is 125 cm³/mol. The molecular formula is C26H36N2O3. The molecule has 0 saturated heterocycles. The number of benzene rings is 2. The molecule has 2 amide bonds. The van der Waals surface area contributed by atoms with Crippen LogP contribution >= 0.6 is 0 Å². The van der Waals surface area contributed by atoms with Gasteiger partial charge in [-0.3, -0.25) is 9.59 Å². The number of carbonyl (C=O) groups is 2. The van der Waals surface area contributed by atoms with Crippen molar-refractivity contribution in [2.24, 2.45) is 5.92 Å². The second kappa shape index (κ2) is 12.1. The quantitative estimate of drug-likeness (QED) is 0.582. The van der Waals surface area contributed by atoms with Crippen LogP contribution in [0.25, 0.3) is 0 Å². The summed E-state index contributed by atoms with van der Waals surface area (Å²) in [6.45, 7) is 8.97. The highest BCUT2D eigenvalue weighted by molar-refractivity contribution is 5.87. The van der Waals surface area contributed by atoms with Crippen LogP contribution < -0.4 is 10.1 Å². The van der Waals surface area contributed by atoms with E-state index in [0.717, 1.165) is 23.3 Å². The van der Waals surface area contributed by atoms with Crippen molar-refractivity contribution in [2.45, 2.75) is 59.5 Å². The van der Waals surface area contributed by atoms with Crippen LogP contribution in [0.4, 0.5) is 0 Å². The molecule has 2 aromatic carbocycles. The van der Waals surface area contributed by atoms with Crippen molar-refractivity contribution in [3.63, 3.8) is 0 Å². The van der Waals surface area contributed by atoms with E-state index in [-0.39, 0.29) is 11.8 Å². The second-order valence-electron chi connectivity index (χ2n) is 8.36. The van der Waals surface area contributed by atoms with E-state index in [2.05, 4.69) is 36.5 Å². The fraction of sp³-hybridized carbons (Fsp3) is 0.462. The lowest BCUT2D eigenvalue weighted by atomic mass is 10.0. The Labute approximate surface area is 186 Å². The average molecular weight is 425 g/mol. The smallest absolute Gasteiger partial charge is 0.242 e. The summed E-state index contributed by atoms with van der Waals surface area (Å²) in [4.78, 5) is 27.6. The van der Waals surface area contributed by atoms with Gasteiger partial charge in [-0.1, -0.05) is 57.2 Å². The summed E-state index contributed by atoms with van der Waals surface area (Å²) in [5, 5.41) is 2.95. The largest absolute Gasteiger partial charge is 0.497 e. The number of nitrogens with zero attached hydrogens (tertiary/aromatic N) is 1. The molecule has 2 aromatic rings. The van der Waals surface area contributed by atoms with Crippen LogP contribution in [0, 0.1) is 5.92 Å². The molecule has 0 spiro atoms. The Morgan fingerprint density at radius 3 is 2.29 bits per heavy atom. The molecule has 5 nitrogen and oxygen atoms in total. The van der Waals surface area contributed by atoms with E-state index in [1.54, 1.807) is 18.9 Å². The third-order valence-electron chi connectivity index (χ3n) is 5.40. The molecular weight excluding hydrogens is 388 g/mol. The van der Waals surface area contributed by atoms with Crippen LogP contribution in [0.2, 0.25) is 0 Å². The molecule has 0 aliphatic rings. The van der Waals surface area contributed by atoms with Gasteiger partial charge in [0.25, 0.3) is 0 Å². The Kier molecular flexibility index (Phi) is 9.57. The zero-order valence-corrected chi connectivity index (χ0v) is 19.5. The van der Waals surface area contributed by atoms with Crippen molar-refractivity contribution in [1.29, 1.82) is 0 Å². The summed E-state index contributed by atoms with van der Waals surface area (Å²) in [6, 6.07) is 15.4. The molecule has 168 valence electrons. The SMILES string of the molecule is CCc1ccc(CCC(=O)N(Cc2cccc(OC)c2)[C@H](C)C(=O)NCC(C)C)cc1. The van der Waals surface area contributed by atoms with Crippen LogP contribution in [0.5, 0.6) is 5.75 Å². The molecule has 5 heteroatoms. The van der Waals surface area contributed by atoms with Crippen LogP contribution in [0.1, 0.15) is 50.8 Å². The number of aryl methyl sites for hydroxylation is 2. The summed E-state index contributed by atoms with van der Waals surface area (Å²) in [5.74, 6) is 0.925. The van der Waals surface area contributed by atoms with E-state index in [9.17, 15) is 9.59 Å². The fourth-order valence-electron chi connectivity index (χ4n) is 3.34. The number of amides is 2. The molecule has 1 N–H and O–H groups in total. The van der Waals surface area contributed by atoms with Crippen molar-refractivity contribution in [1.82, 2.24) is 10.2 Å². The van der Waals surface area contributed by atoms with Crippen molar-refractivity contribution < 1.29 is 14.3 Å². The summed E-state index contributed by atoms with van der Waals surface area (Å²) >= 11 is 0. The van der Waals surface area contributed by atoms with Gasteiger partial charge in [0, 0.05) is 19.5 Å². The van der Waals surface area contributed by atoms with Gasteiger partial charge < -0.3 is 15.0 Å². The molecule has 0 saturated carbocycles. The van der Waals surface area contributed by atoms with Gasteiger partial charge >= 0.3 is 0 Å². The van der Waals surface area contributed by atoms with Crippen LogP contribution in [0.15, 0.2) is 48.5 Å². The molecule has 0 fully saturated rings. The Balaban J connectivity index is 2.13. The topological polar surface area (TPSA) is 58.6 Å². The molecule has 2 rings (SSSR count). The van der Waals surface area contributed by atoms with Crippen LogP contribution in [0.3, 0.4) is 0 Å². The Morgan fingerprint density at radius 2 is 1.68 bits per heavy atom. The zero-order valence-electron chi connectivity index (χ0n) is 19.5. The highest BCUT2D eigenvalue weighted by Gasteiger charge is 2.26. The molecule has 31 heavy (non-hydrogen) atoms. The summed E-state index contributed by atoms with van der Waals surface area (Å²) in [7, 11) is 1.62. The number of hydrogen-bond acceptors (Lipinski definition) is 3. The van der Waals surface area contributed by atoms with Crippen molar-refractivity contribution >= 4 is 11.8 Å². The van der Waals surface area contributed by atoms with Gasteiger partial charge in [0.05, 0.1) is 7.11 Å². The summed E-state index contributed by atoms with van der Waals surface area (Å²) < 4.78 is 5.31. The number of ether oxygens (including phenoxy) is 1. The Morgan fingerprint density at radius 1 is 1.00 bits per heavy atom. The van der Waals surface area contributed by atoms with E-state index >= 15 is 0 Å². The van der Waals surface area contributed by atoms with Gasteiger partial charge in [-0.25, -0.2) is 0 Å². The highest BCUT2D eigenvalue weighted by Crippen LogP contribution is 2.17. The van der Waals surface area contributed by atoms with Crippen molar-refractivity contribution in [3.05, 3.63) is 65.2 Å². The van der Waals surface area contributed by atoms with Gasteiger partial charge in [-0.05, 0) is 54.5 Å². The van der Waals surface area contributed by atoms with Gasteiger partial charge in [-0.2, -0.15) is 0 Å². The predicted octanol–water partition coefficient (Wildman–Crippen LogP) is 4.38. The monoisotopic (exact) mass is 424 g/mol. The van der Waals surface area contributed by atoms with Crippen molar-refractivity contribution in [2.75, 3.05) is 13.7 Å². The maximum atomic E-state index is 13.2. The zero-order chi connectivity index (χ0) is 22.8. The summed E-state index contributed by atoms with van der Waals surface area (Å²) in [5.41, 5.74) is 3.34. The van der Waals surface area contributed by atoms with Crippen LogP contribution in [-0.2, 0) is 29.0 Å². The Hall–Kier alpha value is -2.82. The van der Waals surface area contributed by atoms with E-state index in [0.29, 0.717) is 31.8 Å². The first-order valence-corrected chi connectivity index (χ1v) is 11.1. The van der Waals surface area contributed by atoms with Gasteiger partial charge in [0.15, 0.2) is 0 Å². The minimum atomic E-state index is -0.556. The first-order valence-electron chi connectivity index (χ1n) is 11.1. The fourth-order valence-corrected chi connectivity index (χ4v) is 3.34. The number of nitrogens with one attached hydrogen (secondary N) is 1. The van der Waals surface area contributed by atoms with Crippen molar-refractivity contribution in [3.8, 4) is 5.75 Å². The number of rotatable bonds is 11. The van der Waals surface area contributed by atoms with E-state index in [1.807, 2.05) is 38.1 Å². The summed E-state index contributed by atoms with van der Waals surface area (Å²) in [6.07, 6.45) is 2.01. The van der Waals surface area contributed by atoms with E-state index < -0.39 is 6.04 Å². The van der Waals surface area contributed by atoms with E-state index in [4.69, 9.17) is 4.74 Å². The molecule has 0 aromatic heterocycles. The molecule has 0 heterocycles. The molecule has 1 atom stereocenters. The maximum absolute atomic E-state index is 13.2. The van der Waals surface area contributed by atoms with E-state index in [1.165, 1.54) is 5.56 Å². The lowest BCUT2D eigenvalue weighted by molar-refractivity contribution is -0.140. The third-order valence-corrected chi connectivity index (χ3v) is 5.40. The average Bonchev–Trinajstić information content (AvgIpc) is 2.79. The molecule has 0 radical (unpaired) electrons. The molecule has 0 aliphatic carbocycles. The van der Waals surface area contributed by atoms with Gasteiger partial charge in [0.2, 0.25) is 11.8 Å². The lowest BCUT2D eigenvalue weighted by Crippen LogP contribution is -2.48. The minimum absolute atomic E-state index is 0.0328. The molecule has 0 bridgehead atoms. The third kappa shape index (κ3) is 7.74. The van der Waals surface area contributed by atoms with Crippen LogP contribution in [-0.4, -0.2) is 36.4 Å². The first-order chi connectivity index (χ1) is 14.8. The number of hydrogen-bond donors (Lipinski definition) is 1. The van der Waals surface area contributed by atoms with Gasteiger partial charge in [0.1, 0.15) is 11.8 Å². The molecule has 0 unspecified atom stereocenters. The first kappa shape index (κ1) is 24.4. The number of methoxy groups -OCH3 is 1. The highest BCUT2D eigenvalue weighted by atomic mass is 16.5. The second-order valence-corrected chi connectivity index (χ2v) is 8.36. The number of carbonyl (C=O) groups excluding carboxylic acids is 2. The lowest BCUT2D eigenvalue weighted by Gasteiger charge is -2.29. The normalized spacial score (nSPS) is 11.8. The Bertz CT molecular complexity index is 846. The molecule has 0 aliphatic heterocycles. The maximum Gasteiger partial charge on any atom is 0.242 e. The van der Waals surface area contributed by atoms with Gasteiger partial charge in [-0.15, -0.1) is 0 Å².